The molecule has 30 heavy (non-hydrogen) atoms. The smallest absolute Gasteiger partial charge is 0.253 e. The molecule has 0 fully saturated rings. The number of hydrogen-bond donors (Lipinski definition) is 0. The van der Waals surface area contributed by atoms with Crippen molar-refractivity contribution in [2.75, 3.05) is 12.5 Å². The second kappa shape index (κ2) is 9.90. The van der Waals surface area contributed by atoms with Gasteiger partial charge in [-0.3, -0.25) is 0 Å². The van der Waals surface area contributed by atoms with Crippen LogP contribution in [0.15, 0.2) is 40.8 Å². The molecule has 0 amide bonds. The summed E-state index contributed by atoms with van der Waals surface area (Å²) >= 11 is 18.6. The molecule has 0 spiro atoms. The van der Waals surface area contributed by atoms with E-state index >= 15 is 0 Å². The Hall–Kier alpha value is -1.95. The van der Waals surface area contributed by atoms with Gasteiger partial charge in [-0.1, -0.05) is 49.2 Å². The zero-order chi connectivity index (χ0) is 21.7. The van der Waals surface area contributed by atoms with Gasteiger partial charge in [0.05, 0.1) is 16.7 Å². The van der Waals surface area contributed by atoms with Crippen LogP contribution in [0.25, 0.3) is 0 Å². The van der Waals surface area contributed by atoms with Crippen LogP contribution in [0.1, 0.15) is 43.2 Å². The molecule has 0 aliphatic carbocycles. The molecule has 3 aromatic rings. The third-order valence-electron chi connectivity index (χ3n) is 4.75. The summed E-state index contributed by atoms with van der Waals surface area (Å²) < 4.78 is 16.7. The molecule has 0 N–H and O–H groups in total. The fourth-order valence-corrected chi connectivity index (χ4v) is 3.67. The van der Waals surface area contributed by atoms with Crippen LogP contribution < -0.4 is 9.47 Å². The first-order valence-corrected chi connectivity index (χ1v) is 10.8. The Morgan fingerprint density at radius 1 is 0.967 bits per heavy atom. The predicted molar refractivity (Wildman–Crippen MR) is 119 cm³/mol. The molecular weight excluding hydrogens is 447 g/mol. The lowest BCUT2D eigenvalue weighted by molar-refractivity contribution is 0.260. The summed E-state index contributed by atoms with van der Waals surface area (Å²) in [5, 5.41) is 8.67. The van der Waals surface area contributed by atoms with Gasteiger partial charge in [-0.15, -0.1) is 21.8 Å². The maximum absolute atomic E-state index is 6.45. The van der Waals surface area contributed by atoms with E-state index in [9.17, 15) is 0 Å². The molecule has 0 atom stereocenters. The van der Waals surface area contributed by atoms with Crippen molar-refractivity contribution in [1.29, 1.82) is 0 Å². The standard InChI is InChI=1S/C22H23Cl3N2O3/c1-14-26-27-20(30-14)13-29-17-7-5-15(6-8-17)22(2,3)16-11-18(24)21(19(25)12-16)28-10-4-9-23/h5-8,11-12H,4,9-10,13H2,1-3H3. The van der Waals surface area contributed by atoms with Gasteiger partial charge in [0.25, 0.3) is 5.89 Å². The topological polar surface area (TPSA) is 57.4 Å². The van der Waals surface area contributed by atoms with E-state index in [-0.39, 0.29) is 12.0 Å². The molecule has 0 bridgehead atoms. The summed E-state index contributed by atoms with van der Waals surface area (Å²) in [6, 6.07) is 11.6. The second-order valence-electron chi connectivity index (χ2n) is 7.31. The van der Waals surface area contributed by atoms with E-state index in [0.29, 0.717) is 45.8 Å². The minimum absolute atomic E-state index is 0.222. The minimum atomic E-state index is -0.329. The first-order chi connectivity index (χ1) is 14.3. The number of benzene rings is 2. The maximum atomic E-state index is 6.45. The highest BCUT2D eigenvalue weighted by molar-refractivity contribution is 6.37. The van der Waals surface area contributed by atoms with Crippen molar-refractivity contribution in [3.05, 3.63) is 69.4 Å². The van der Waals surface area contributed by atoms with Crippen molar-refractivity contribution in [1.82, 2.24) is 10.2 Å². The number of nitrogens with zero attached hydrogens (tertiary/aromatic N) is 2. The van der Waals surface area contributed by atoms with E-state index in [2.05, 4.69) is 24.0 Å². The first kappa shape index (κ1) is 22.7. The van der Waals surface area contributed by atoms with E-state index in [1.54, 1.807) is 6.92 Å². The molecule has 0 radical (unpaired) electrons. The lowest BCUT2D eigenvalue weighted by Crippen LogP contribution is -2.19. The van der Waals surface area contributed by atoms with Crippen LogP contribution in [-0.4, -0.2) is 22.7 Å². The van der Waals surface area contributed by atoms with Crippen LogP contribution in [0.5, 0.6) is 11.5 Å². The van der Waals surface area contributed by atoms with Crippen LogP contribution >= 0.6 is 34.8 Å². The van der Waals surface area contributed by atoms with Crippen molar-refractivity contribution in [2.45, 2.75) is 39.2 Å². The maximum Gasteiger partial charge on any atom is 0.253 e. The molecule has 1 heterocycles. The monoisotopic (exact) mass is 468 g/mol. The second-order valence-corrected chi connectivity index (χ2v) is 8.51. The third-order valence-corrected chi connectivity index (χ3v) is 5.58. The summed E-state index contributed by atoms with van der Waals surface area (Å²) in [6.45, 7) is 6.65. The molecule has 8 heteroatoms. The van der Waals surface area contributed by atoms with Crippen molar-refractivity contribution in [2.24, 2.45) is 0 Å². The van der Waals surface area contributed by atoms with Crippen LogP contribution in [-0.2, 0) is 12.0 Å². The third kappa shape index (κ3) is 5.39. The van der Waals surface area contributed by atoms with Crippen molar-refractivity contribution >= 4 is 34.8 Å². The van der Waals surface area contributed by atoms with Gasteiger partial charge >= 0.3 is 0 Å². The van der Waals surface area contributed by atoms with E-state index < -0.39 is 0 Å². The van der Waals surface area contributed by atoms with Gasteiger partial charge in [0.15, 0.2) is 12.4 Å². The van der Waals surface area contributed by atoms with Crippen LogP contribution in [0.2, 0.25) is 10.0 Å². The lowest BCUT2D eigenvalue weighted by atomic mass is 9.78. The molecule has 3 rings (SSSR count). The SMILES string of the molecule is Cc1nnc(COc2ccc(C(C)(C)c3cc(Cl)c(OCCCCl)c(Cl)c3)cc2)o1. The number of halogens is 3. The Bertz CT molecular complexity index is 965. The molecule has 160 valence electrons. The molecule has 0 saturated heterocycles. The van der Waals surface area contributed by atoms with Crippen LogP contribution in [0.4, 0.5) is 0 Å². The van der Waals surface area contributed by atoms with E-state index in [1.807, 2.05) is 36.4 Å². The van der Waals surface area contributed by atoms with Crippen molar-refractivity contribution in [3.63, 3.8) is 0 Å². The molecule has 1 aromatic heterocycles. The quantitative estimate of drug-likeness (QED) is 0.261. The molecule has 0 saturated carbocycles. The highest BCUT2D eigenvalue weighted by atomic mass is 35.5. The first-order valence-electron chi connectivity index (χ1n) is 9.52. The van der Waals surface area contributed by atoms with Crippen molar-refractivity contribution in [3.8, 4) is 11.5 Å². The molecule has 2 aromatic carbocycles. The molecular formula is C22H23Cl3N2O3. The number of hydrogen-bond acceptors (Lipinski definition) is 5. The Balaban J connectivity index is 1.74. The summed E-state index contributed by atoms with van der Waals surface area (Å²) in [7, 11) is 0. The normalized spacial score (nSPS) is 11.5. The zero-order valence-electron chi connectivity index (χ0n) is 17.0. The highest BCUT2D eigenvalue weighted by Crippen LogP contribution is 2.40. The largest absolute Gasteiger partial charge is 0.490 e. The predicted octanol–water partition coefficient (Wildman–Crippen LogP) is 6.60. The molecule has 0 aliphatic rings. The summed E-state index contributed by atoms with van der Waals surface area (Å²) in [5.74, 6) is 2.68. The number of alkyl halides is 1. The summed E-state index contributed by atoms with van der Waals surface area (Å²) in [5.41, 5.74) is 1.74. The van der Waals surface area contributed by atoms with Gasteiger partial charge in [0.2, 0.25) is 5.89 Å². The minimum Gasteiger partial charge on any atom is -0.490 e. The van der Waals surface area contributed by atoms with Gasteiger partial charge < -0.3 is 13.9 Å². The summed E-state index contributed by atoms with van der Waals surface area (Å²) in [6.07, 6.45) is 0.724. The number of aryl methyl sites for hydroxylation is 1. The molecule has 5 nitrogen and oxygen atoms in total. The van der Waals surface area contributed by atoms with Gasteiger partial charge in [-0.2, -0.15) is 0 Å². The Morgan fingerprint density at radius 2 is 1.63 bits per heavy atom. The number of rotatable bonds is 9. The van der Waals surface area contributed by atoms with Crippen molar-refractivity contribution < 1.29 is 13.9 Å². The average Bonchev–Trinajstić information content (AvgIpc) is 3.14. The summed E-state index contributed by atoms with van der Waals surface area (Å²) in [4.78, 5) is 0. The van der Waals surface area contributed by atoms with Gasteiger partial charge in [-0.05, 0) is 41.8 Å². The van der Waals surface area contributed by atoms with Crippen LogP contribution in [0.3, 0.4) is 0 Å². The van der Waals surface area contributed by atoms with Gasteiger partial charge in [-0.25, -0.2) is 0 Å². The van der Waals surface area contributed by atoms with Gasteiger partial charge in [0, 0.05) is 18.2 Å². The fourth-order valence-electron chi connectivity index (χ4n) is 2.96. The zero-order valence-corrected chi connectivity index (χ0v) is 19.3. The van der Waals surface area contributed by atoms with Crippen LogP contribution in [0, 0.1) is 6.92 Å². The number of aromatic nitrogens is 2. The Labute approximate surface area is 191 Å². The highest BCUT2D eigenvalue weighted by Gasteiger charge is 2.25. The van der Waals surface area contributed by atoms with E-state index in [1.165, 1.54) is 0 Å². The average molecular weight is 470 g/mol. The van der Waals surface area contributed by atoms with E-state index in [4.69, 9.17) is 48.7 Å². The number of ether oxygens (including phenoxy) is 2. The fraction of sp³-hybridized carbons (Fsp3) is 0.364. The Morgan fingerprint density at radius 3 is 2.20 bits per heavy atom. The lowest BCUT2D eigenvalue weighted by Gasteiger charge is -2.27. The van der Waals surface area contributed by atoms with Gasteiger partial charge in [0.1, 0.15) is 5.75 Å². The molecule has 0 unspecified atom stereocenters. The molecule has 0 aliphatic heterocycles. The van der Waals surface area contributed by atoms with E-state index in [0.717, 1.165) is 17.5 Å². The Kier molecular flexibility index (Phi) is 7.50.